The van der Waals surface area contributed by atoms with Gasteiger partial charge in [0.25, 0.3) is 11.8 Å². The normalized spacial score (nSPS) is 14.8. The fraction of sp³-hybridized carbons (Fsp3) is 0.346. The first-order valence-electron chi connectivity index (χ1n) is 12.1. The molecule has 10 nitrogen and oxygen atoms in total. The summed E-state index contributed by atoms with van der Waals surface area (Å²) in [5, 5.41) is 19.6. The Morgan fingerprint density at radius 2 is 1.81 bits per heavy atom. The summed E-state index contributed by atoms with van der Waals surface area (Å²) in [5.41, 5.74) is 1.03. The summed E-state index contributed by atoms with van der Waals surface area (Å²) in [7, 11) is 0. The van der Waals surface area contributed by atoms with E-state index in [1.54, 1.807) is 19.1 Å². The molecule has 1 aliphatic carbocycles. The molecule has 0 radical (unpaired) electrons. The summed E-state index contributed by atoms with van der Waals surface area (Å²) in [6.07, 6.45) is 2.21. The fourth-order valence-corrected chi connectivity index (χ4v) is 3.67. The Kier molecular flexibility index (Phi) is 6.95. The highest BCUT2D eigenvalue weighted by molar-refractivity contribution is 5.95. The van der Waals surface area contributed by atoms with Crippen molar-refractivity contribution < 1.29 is 28.1 Å². The smallest absolute Gasteiger partial charge is 0.268 e. The Hall–Kier alpha value is -4.12. The molecule has 2 heterocycles. The summed E-state index contributed by atoms with van der Waals surface area (Å²) in [5.74, 6) is 1.28. The number of amides is 1. The van der Waals surface area contributed by atoms with Crippen molar-refractivity contribution in [1.29, 1.82) is 0 Å². The maximum Gasteiger partial charge on any atom is 0.268 e. The molecule has 2 aromatic heterocycles. The first kappa shape index (κ1) is 24.6. The van der Waals surface area contributed by atoms with E-state index in [-0.39, 0.29) is 23.9 Å². The summed E-state index contributed by atoms with van der Waals surface area (Å²) in [4.78, 5) is 21.0. The Balaban J connectivity index is 1.26. The zero-order chi connectivity index (χ0) is 25.9. The Labute approximate surface area is 211 Å². The third kappa shape index (κ3) is 5.51. The van der Waals surface area contributed by atoms with Crippen LogP contribution in [0.1, 0.15) is 67.3 Å². The van der Waals surface area contributed by atoms with Crippen LogP contribution in [-0.4, -0.2) is 43.9 Å². The summed E-state index contributed by atoms with van der Waals surface area (Å²) in [6, 6.07) is 10.9. The van der Waals surface area contributed by atoms with Crippen molar-refractivity contribution in [2.75, 3.05) is 6.61 Å². The molecule has 37 heavy (non-hydrogen) atoms. The van der Waals surface area contributed by atoms with Crippen molar-refractivity contribution in [2.45, 2.75) is 51.2 Å². The molecule has 1 saturated carbocycles. The van der Waals surface area contributed by atoms with Gasteiger partial charge < -0.3 is 24.2 Å². The van der Waals surface area contributed by atoms with Crippen molar-refractivity contribution >= 4 is 5.91 Å². The van der Waals surface area contributed by atoms with Crippen LogP contribution in [-0.2, 0) is 0 Å². The van der Waals surface area contributed by atoms with Gasteiger partial charge in [0.2, 0.25) is 17.5 Å². The van der Waals surface area contributed by atoms with Gasteiger partial charge in [0.05, 0.1) is 12.2 Å². The van der Waals surface area contributed by atoms with Crippen LogP contribution in [0.25, 0.3) is 22.8 Å². The van der Waals surface area contributed by atoms with Crippen LogP contribution in [0.4, 0.5) is 4.39 Å². The molecule has 0 aliphatic heterocycles. The van der Waals surface area contributed by atoms with Crippen molar-refractivity contribution in [3.05, 3.63) is 65.6 Å². The maximum absolute atomic E-state index is 14.6. The van der Waals surface area contributed by atoms with Gasteiger partial charge >= 0.3 is 0 Å². The van der Waals surface area contributed by atoms with Crippen molar-refractivity contribution in [3.8, 4) is 28.5 Å². The second kappa shape index (κ2) is 10.5. The molecule has 1 aliphatic rings. The molecule has 1 amide bonds. The first-order chi connectivity index (χ1) is 17.9. The summed E-state index contributed by atoms with van der Waals surface area (Å²) >= 11 is 0. The molecule has 2 atom stereocenters. The van der Waals surface area contributed by atoms with Gasteiger partial charge in [-0.3, -0.25) is 4.79 Å². The lowest BCUT2D eigenvalue weighted by molar-refractivity contribution is 0.0918. The maximum atomic E-state index is 14.6. The molecule has 2 aromatic carbocycles. The highest BCUT2D eigenvalue weighted by Crippen LogP contribution is 2.39. The minimum atomic E-state index is -0.735. The van der Waals surface area contributed by atoms with E-state index in [1.165, 1.54) is 18.2 Å². The second-order valence-electron chi connectivity index (χ2n) is 8.98. The van der Waals surface area contributed by atoms with E-state index in [2.05, 4.69) is 25.6 Å². The molecule has 1 unspecified atom stereocenters. The van der Waals surface area contributed by atoms with Gasteiger partial charge in [-0.15, -0.1) is 0 Å². The Morgan fingerprint density at radius 1 is 1.11 bits per heavy atom. The van der Waals surface area contributed by atoms with Gasteiger partial charge in [-0.1, -0.05) is 23.3 Å². The third-order valence-electron chi connectivity index (χ3n) is 5.97. The predicted molar refractivity (Wildman–Crippen MR) is 129 cm³/mol. The number of aromatic nitrogens is 4. The number of nitrogens with one attached hydrogen (secondary N) is 1. The van der Waals surface area contributed by atoms with E-state index in [0.717, 1.165) is 18.4 Å². The van der Waals surface area contributed by atoms with E-state index < -0.39 is 23.9 Å². The number of hydrogen-bond donors (Lipinski definition) is 2. The second-order valence-corrected chi connectivity index (χ2v) is 8.98. The number of aliphatic hydroxyl groups excluding tert-OH is 1. The molecule has 0 saturated heterocycles. The molecule has 192 valence electrons. The van der Waals surface area contributed by atoms with Gasteiger partial charge in [0.1, 0.15) is 11.6 Å². The number of rotatable bonds is 10. The van der Waals surface area contributed by atoms with Gasteiger partial charge in [-0.05, 0) is 62.6 Å². The van der Waals surface area contributed by atoms with Gasteiger partial charge in [0.15, 0.2) is 6.10 Å². The van der Waals surface area contributed by atoms with Crippen LogP contribution in [0, 0.1) is 5.82 Å². The molecule has 1 fully saturated rings. The number of benzene rings is 2. The quantitative estimate of drug-likeness (QED) is 0.319. The van der Waals surface area contributed by atoms with Crippen LogP contribution in [0.5, 0.6) is 5.75 Å². The third-order valence-corrected chi connectivity index (χ3v) is 5.97. The van der Waals surface area contributed by atoms with E-state index in [0.29, 0.717) is 35.4 Å². The number of halogens is 1. The molecular weight excluding hydrogens is 481 g/mol. The lowest BCUT2D eigenvalue weighted by atomic mass is 10.1. The van der Waals surface area contributed by atoms with Crippen LogP contribution in [0.2, 0.25) is 0 Å². The van der Waals surface area contributed by atoms with Gasteiger partial charge in [0, 0.05) is 23.1 Å². The van der Waals surface area contributed by atoms with Crippen molar-refractivity contribution in [1.82, 2.24) is 25.6 Å². The van der Waals surface area contributed by atoms with Crippen LogP contribution in [0.15, 0.2) is 51.5 Å². The SMILES string of the molecule is CCC(Oc1ccc(-c2noc(C3CC3)n2)cc1)c1nc(-c2ccc(C(=O)N[C@H](C)CO)c(F)c2)no1. The number of carbonyl (C=O) groups is 1. The number of carbonyl (C=O) groups excluding carboxylic acids is 1. The zero-order valence-electron chi connectivity index (χ0n) is 20.3. The number of aliphatic hydroxyl groups is 1. The van der Waals surface area contributed by atoms with Crippen molar-refractivity contribution in [2.24, 2.45) is 0 Å². The standard InChI is InChI=1S/C26H26FN5O5/c1-3-21(35-18-9-6-15(7-10-18)22-29-25(36-31-22)16-4-5-16)26-30-23(32-37-26)17-8-11-19(20(27)12-17)24(34)28-14(2)13-33/h6-12,14,16,21,33H,3-5,13H2,1-2H3,(H,28,34)/t14-,21?/m1/s1. The topological polar surface area (TPSA) is 136 Å². The fourth-order valence-electron chi connectivity index (χ4n) is 3.67. The highest BCUT2D eigenvalue weighted by Gasteiger charge is 2.30. The minimum absolute atomic E-state index is 0.143. The molecule has 2 N–H and O–H groups in total. The van der Waals surface area contributed by atoms with Crippen LogP contribution < -0.4 is 10.1 Å². The summed E-state index contributed by atoms with van der Waals surface area (Å²) in [6.45, 7) is 3.29. The number of hydrogen-bond acceptors (Lipinski definition) is 9. The van der Waals surface area contributed by atoms with Crippen LogP contribution in [0.3, 0.4) is 0 Å². The van der Waals surface area contributed by atoms with E-state index in [4.69, 9.17) is 18.9 Å². The van der Waals surface area contributed by atoms with E-state index in [9.17, 15) is 9.18 Å². The molecule has 11 heteroatoms. The molecule has 4 aromatic rings. The number of nitrogens with zero attached hydrogens (tertiary/aromatic N) is 4. The molecule has 5 rings (SSSR count). The zero-order valence-corrected chi connectivity index (χ0v) is 20.3. The van der Waals surface area contributed by atoms with Crippen molar-refractivity contribution in [3.63, 3.8) is 0 Å². The van der Waals surface area contributed by atoms with Gasteiger partial charge in [-0.2, -0.15) is 9.97 Å². The monoisotopic (exact) mass is 507 g/mol. The first-order valence-corrected chi connectivity index (χ1v) is 12.1. The van der Waals surface area contributed by atoms with Crippen LogP contribution >= 0.6 is 0 Å². The Bertz CT molecular complexity index is 1380. The van der Waals surface area contributed by atoms with E-state index >= 15 is 0 Å². The average Bonchev–Trinajstić information content (AvgIpc) is 3.43. The predicted octanol–water partition coefficient (Wildman–Crippen LogP) is 4.44. The lowest BCUT2D eigenvalue weighted by Gasteiger charge is -2.13. The van der Waals surface area contributed by atoms with E-state index in [1.807, 2.05) is 19.1 Å². The largest absolute Gasteiger partial charge is 0.481 e. The molecule has 0 bridgehead atoms. The Morgan fingerprint density at radius 3 is 2.49 bits per heavy atom. The average molecular weight is 508 g/mol. The molecular formula is C26H26FN5O5. The minimum Gasteiger partial charge on any atom is -0.481 e. The van der Waals surface area contributed by atoms with Gasteiger partial charge in [-0.25, -0.2) is 4.39 Å². The number of ether oxygens (including phenoxy) is 1. The molecule has 0 spiro atoms. The highest BCUT2D eigenvalue weighted by atomic mass is 19.1. The lowest BCUT2D eigenvalue weighted by Crippen LogP contribution is -2.35. The summed E-state index contributed by atoms with van der Waals surface area (Å²) < 4.78 is 31.4.